The number of aromatic nitrogens is 4. The van der Waals surface area contributed by atoms with Crippen LogP contribution in [-0.2, 0) is 18.3 Å². The van der Waals surface area contributed by atoms with Gasteiger partial charge in [-0.3, -0.25) is 4.79 Å². The van der Waals surface area contributed by atoms with E-state index < -0.39 is 0 Å². The van der Waals surface area contributed by atoms with E-state index in [2.05, 4.69) is 15.2 Å². The first-order valence-corrected chi connectivity index (χ1v) is 9.25. The third-order valence-electron chi connectivity index (χ3n) is 5.19. The number of likely N-dealkylation sites (tertiary alicyclic amines) is 1. The summed E-state index contributed by atoms with van der Waals surface area (Å²) in [7, 11) is 1.96. The van der Waals surface area contributed by atoms with Gasteiger partial charge in [-0.2, -0.15) is 0 Å². The molecule has 0 radical (unpaired) electrons. The van der Waals surface area contributed by atoms with Crippen molar-refractivity contribution < 1.29 is 9.21 Å². The molecule has 1 saturated heterocycles. The topological polar surface area (TPSA) is 77.1 Å². The van der Waals surface area contributed by atoms with Gasteiger partial charge in [0.05, 0.1) is 12.1 Å². The molecule has 3 aromatic rings. The molecule has 1 aliphatic heterocycles. The average molecular weight is 365 g/mol. The third kappa shape index (κ3) is 3.63. The van der Waals surface area contributed by atoms with Crippen molar-refractivity contribution in [3.8, 4) is 11.5 Å². The van der Waals surface area contributed by atoms with Crippen LogP contribution in [0.25, 0.3) is 11.5 Å². The largest absolute Gasteiger partial charge is 0.441 e. The third-order valence-corrected chi connectivity index (χ3v) is 5.19. The minimum Gasteiger partial charge on any atom is -0.441 e. The molecule has 1 amide bonds. The number of piperidine rings is 1. The minimum atomic E-state index is 0.0995. The molecule has 140 valence electrons. The molecule has 0 spiro atoms. The Morgan fingerprint density at radius 2 is 1.96 bits per heavy atom. The average Bonchev–Trinajstić information content (AvgIpc) is 3.28. The van der Waals surface area contributed by atoms with E-state index in [9.17, 15) is 4.79 Å². The zero-order valence-electron chi connectivity index (χ0n) is 15.6. The summed E-state index contributed by atoms with van der Waals surface area (Å²) in [6, 6.07) is 9.75. The van der Waals surface area contributed by atoms with Gasteiger partial charge in [-0.1, -0.05) is 18.2 Å². The number of benzene rings is 1. The molecule has 27 heavy (non-hydrogen) atoms. The maximum absolute atomic E-state index is 12.7. The first kappa shape index (κ1) is 17.5. The SMILES string of the molecule is Cc1oc(-c2ccccc2)nc1CC(=O)N1CCC(c2nncn2C)CC1. The maximum Gasteiger partial charge on any atom is 0.228 e. The molecule has 1 fully saturated rings. The predicted octanol–water partition coefficient (Wildman–Crippen LogP) is 2.73. The highest BCUT2D eigenvalue weighted by atomic mass is 16.4. The molecule has 0 unspecified atom stereocenters. The van der Waals surface area contributed by atoms with Gasteiger partial charge in [0, 0.05) is 31.6 Å². The van der Waals surface area contributed by atoms with Crippen molar-refractivity contribution in [2.75, 3.05) is 13.1 Å². The van der Waals surface area contributed by atoms with Gasteiger partial charge in [0.15, 0.2) is 0 Å². The predicted molar refractivity (Wildman–Crippen MR) is 99.9 cm³/mol. The van der Waals surface area contributed by atoms with E-state index in [1.807, 2.05) is 53.8 Å². The second-order valence-electron chi connectivity index (χ2n) is 7.02. The Balaban J connectivity index is 1.39. The number of rotatable bonds is 4. The molecule has 2 aromatic heterocycles. The zero-order chi connectivity index (χ0) is 18.8. The molecule has 1 aliphatic rings. The van der Waals surface area contributed by atoms with E-state index in [0.29, 0.717) is 23.3 Å². The van der Waals surface area contributed by atoms with Crippen molar-refractivity contribution in [2.24, 2.45) is 7.05 Å². The van der Waals surface area contributed by atoms with Crippen LogP contribution in [0.5, 0.6) is 0 Å². The van der Waals surface area contributed by atoms with Crippen LogP contribution in [-0.4, -0.2) is 43.6 Å². The number of carbonyl (C=O) groups is 1. The lowest BCUT2D eigenvalue weighted by atomic mass is 9.95. The summed E-state index contributed by atoms with van der Waals surface area (Å²) >= 11 is 0. The molecule has 0 N–H and O–H groups in total. The van der Waals surface area contributed by atoms with E-state index in [0.717, 1.165) is 37.3 Å². The van der Waals surface area contributed by atoms with Crippen molar-refractivity contribution in [1.82, 2.24) is 24.6 Å². The summed E-state index contributed by atoms with van der Waals surface area (Å²) < 4.78 is 7.73. The number of amides is 1. The Morgan fingerprint density at radius 3 is 2.63 bits per heavy atom. The second-order valence-corrected chi connectivity index (χ2v) is 7.02. The van der Waals surface area contributed by atoms with Crippen molar-refractivity contribution in [2.45, 2.75) is 32.1 Å². The summed E-state index contributed by atoms with van der Waals surface area (Å²) in [4.78, 5) is 19.2. The summed E-state index contributed by atoms with van der Waals surface area (Å²) in [5.41, 5.74) is 1.64. The highest BCUT2D eigenvalue weighted by Crippen LogP contribution is 2.27. The zero-order valence-corrected chi connectivity index (χ0v) is 15.6. The first-order chi connectivity index (χ1) is 13.1. The van der Waals surface area contributed by atoms with Gasteiger partial charge in [0.2, 0.25) is 11.8 Å². The quantitative estimate of drug-likeness (QED) is 0.710. The number of aryl methyl sites for hydroxylation is 2. The molecule has 4 rings (SSSR count). The summed E-state index contributed by atoms with van der Waals surface area (Å²) in [5, 5.41) is 8.16. The van der Waals surface area contributed by atoms with Crippen LogP contribution in [0.3, 0.4) is 0 Å². The molecular weight excluding hydrogens is 342 g/mol. The van der Waals surface area contributed by atoms with Gasteiger partial charge in [0.25, 0.3) is 0 Å². The molecule has 1 aromatic carbocycles. The van der Waals surface area contributed by atoms with Gasteiger partial charge >= 0.3 is 0 Å². The summed E-state index contributed by atoms with van der Waals surface area (Å²) in [6.45, 7) is 3.33. The van der Waals surface area contributed by atoms with Gasteiger partial charge < -0.3 is 13.9 Å². The van der Waals surface area contributed by atoms with Crippen LogP contribution in [0.1, 0.15) is 36.0 Å². The van der Waals surface area contributed by atoms with E-state index in [1.165, 1.54) is 0 Å². The lowest BCUT2D eigenvalue weighted by molar-refractivity contribution is -0.131. The van der Waals surface area contributed by atoms with Gasteiger partial charge in [-0.25, -0.2) is 4.98 Å². The normalized spacial score (nSPS) is 15.3. The van der Waals surface area contributed by atoms with Gasteiger partial charge in [-0.15, -0.1) is 10.2 Å². The molecule has 7 nitrogen and oxygen atoms in total. The fraction of sp³-hybridized carbons (Fsp3) is 0.400. The number of oxazole rings is 1. The monoisotopic (exact) mass is 365 g/mol. The Bertz CT molecular complexity index is 923. The Hall–Kier alpha value is -2.96. The van der Waals surface area contributed by atoms with Crippen molar-refractivity contribution >= 4 is 5.91 Å². The summed E-state index contributed by atoms with van der Waals surface area (Å²) in [6.07, 6.45) is 3.82. The minimum absolute atomic E-state index is 0.0995. The van der Waals surface area contributed by atoms with Crippen LogP contribution in [0.4, 0.5) is 0 Å². The van der Waals surface area contributed by atoms with E-state index in [-0.39, 0.29) is 12.3 Å². The number of carbonyl (C=O) groups excluding carboxylic acids is 1. The van der Waals surface area contributed by atoms with Crippen LogP contribution in [0.2, 0.25) is 0 Å². The van der Waals surface area contributed by atoms with Crippen LogP contribution >= 0.6 is 0 Å². The first-order valence-electron chi connectivity index (χ1n) is 9.25. The molecule has 0 bridgehead atoms. The van der Waals surface area contributed by atoms with Gasteiger partial charge in [-0.05, 0) is 31.9 Å². The Morgan fingerprint density at radius 1 is 1.22 bits per heavy atom. The standard InChI is InChI=1S/C20H23N5O2/c1-14-17(22-20(27-14)16-6-4-3-5-7-16)12-18(26)25-10-8-15(9-11-25)19-23-21-13-24(19)2/h3-7,13,15H,8-12H2,1-2H3. The lowest BCUT2D eigenvalue weighted by Crippen LogP contribution is -2.39. The molecule has 0 atom stereocenters. The molecule has 0 aliphatic carbocycles. The van der Waals surface area contributed by atoms with Crippen molar-refractivity contribution in [3.05, 3.63) is 53.9 Å². The van der Waals surface area contributed by atoms with E-state index in [1.54, 1.807) is 6.33 Å². The summed E-state index contributed by atoms with van der Waals surface area (Å²) in [5.74, 6) is 2.73. The number of hydrogen-bond donors (Lipinski definition) is 0. The molecule has 0 saturated carbocycles. The van der Waals surface area contributed by atoms with E-state index in [4.69, 9.17) is 4.42 Å². The van der Waals surface area contributed by atoms with Crippen molar-refractivity contribution in [1.29, 1.82) is 0 Å². The maximum atomic E-state index is 12.7. The Kier molecular flexibility index (Phi) is 4.75. The highest BCUT2D eigenvalue weighted by Gasteiger charge is 2.27. The van der Waals surface area contributed by atoms with Crippen LogP contribution < -0.4 is 0 Å². The molecule has 7 heteroatoms. The van der Waals surface area contributed by atoms with Gasteiger partial charge in [0.1, 0.15) is 17.9 Å². The van der Waals surface area contributed by atoms with Crippen LogP contribution in [0, 0.1) is 6.92 Å². The molecular formula is C20H23N5O2. The Labute approximate surface area is 158 Å². The second kappa shape index (κ2) is 7.34. The van der Waals surface area contributed by atoms with E-state index >= 15 is 0 Å². The fourth-order valence-electron chi connectivity index (χ4n) is 3.60. The fourth-order valence-corrected chi connectivity index (χ4v) is 3.60. The lowest BCUT2D eigenvalue weighted by Gasteiger charge is -2.31. The smallest absolute Gasteiger partial charge is 0.228 e. The molecule has 3 heterocycles. The van der Waals surface area contributed by atoms with Crippen molar-refractivity contribution in [3.63, 3.8) is 0 Å². The highest BCUT2D eigenvalue weighted by molar-refractivity contribution is 5.78. The number of nitrogens with zero attached hydrogens (tertiary/aromatic N) is 5. The number of hydrogen-bond acceptors (Lipinski definition) is 5. The van der Waals surface area contributed by atoms with Crippen LogP contribution in [0.15, 0.2) is 41.1 Å².